The van der Waals surface area contributed by atoms with E-state index in [0.717, 1.165) is 17.4 Å². The highest BCUT2D eigenvalue weighted by atomic mass is 32.1. The predicted molar refractivity (Wildman–Crippen MR) is 144 cm³/mol. The molecule has 0 radical (unpaired) electrons. The summed E-state index contributed by atoms with van der Waals surface area (Å²) in [4.78, 5) is 42.3. The van der Waals surface area contributed by atoms with Crippen LogP contribution in [-0.2, 0) is 9.53 Å². The fourth-order valence-corrected chi connectivity index (χ4v) is 5.20. The Morgan fingerprint density at radius 1 is 1.31 bits per heavy atom. The second-order valence-corrected chi connectivity index (χ2v) is 9.33. The van der Waals surface area contributed by atoms with Gasteiger partial charge in [0.1, 0.15) is 12.4 Å². The van der Waals surface area contributed by atoms with Gasteiger partial charge in [-0.05, 0) is 49.2 Å². The molecule has 0 bridgehead atoms. The third-order valence-corrected chi connectivity index (χ3v) is 6.86. The second kappa shape index (κ2) is 11.4. The number of phenols is 1. The molecule has 0 saturated carbocycles. The van der Waals surface area contributed by atoms with Crippen LogP contribution in [0.25, 0.3) is 6.08 Å². The Kier molecular flexibility index (Phi) is 7.96. The lowest BCUT2D eigenvalue weighted by Gasteiger charge is -2.24. The molecule has 0 saturated heterocycles. The van der Waals surface area contributed by atoms with Gasteiger partial charge in [0.15, 0.2) is 10.6 Å². The van der Waals surface area contributed by atoms with E-state index in [1.54, 1.807) is 44.2 Å². The average molecular weight is 552 g/mol. The lowest BCUT2D eigenvalue weighted by atomic mass is 9.96. The lowest BCUT2D eigenvalue weighted by molar-refractivity contribution is -0.386. The number of thiazole rings is 1. The highest BCUT2D eigenvalue weighted by Crippen LogP contribution is 2.37. The van der Waals surface area contributed by atoms with Crippen LogP contribution in [0.1, 0.15) is 31.0 Å². The maximum atomic E-state index is 13.7. The number of esters is 1. The topological polar surface area (TPSA) is 142 Å². The van der Waals surface area contributed by atoms with Crippen LogP contribution < -0.4 is 24.4 Å². The van der Waals surface area contributed by atoms with E-state index in [9.17, 15) is 24.8 Å². The molecule has 3 aromatic rings. The maximum Gasteiger partial charge on any atom is 0.338 e. The van der Waals surface area contributed by atoms with E-state index in [1.165, 1.54) is 23.8 Å². The fraction of sp³-hybridized carbons (Fsp3) is 0.222. The zero-order valence-electron chi connectivity index (χ0n) is 21.4. The number of benzene rings is 2. The summed E-state index contributed by atoms with van der Waals surface area (Å²) in [6, 6.07) is 8.67. The van der Waals surface area contributed by atoms with E-state index in [1.807, 2.05) is 0 Å². The van der Waals surface area contributed by atoms with Crippen LogP contribution >= 0.6 is 11.3 Å². The van der Waals surface area contributed by atoms with Crippen LogP contribution in [0.2, 0.25) is 0 Å². The van der Waals surface area contributed by atoms with Gasteiger partial charge >= 0.3 is 11.7 Å². The number of fused-ring (bicyclic) bond motifs is 1. The van der Waals surface area contributed by atoms with Crippen molar-refractivity contribution in [3.05, 3.63) is 101 Å². The molecule has 12 heteroatoms. The number of nitro benzene ring substituents is 1. The first-order valence-corrected chi connectivity index (χ1v) is 12.6. The lowest BCUT2D eigenvalue weighted by Crippen LogP contribution is -2.39. The summed E-state index contributed by atoms with van der Waals surface area (Å²) in [5.41, 5.74) is 0.499. The van der Waals surface area contributed by atoms with Crippen molar-refractivity contribution in [2.24, 2.45) is 4.99 Å². The number of hydrogen-bond donors (Lipinski definition) is 1. The Hall–Kier alpha value is -4.71. The molecule has 1 aliphatic heterocycles. The maximum absolute atomic E-state index is 13.7. The Balaban J connectivity index is 1.92. The summed E-state index contributed by atoms with van der Waals surface area (Å²) in [6.07, 6.45) is 3.07. The van der Waals surface area contributed by atoms with Crippen LogP contribution in [0, 0.1) is 10.1 Å². The fourth-order valence-electron chi connectivity index (χ4n) is 4.15. The Bertz CT molecular complexity index is 1670. The second-order valence-electron chi connectivity index (χ2n) is 8.32. The third kappa shape index (κ3) is 5.32. The Morgan fingerprint density at radius 2 is 2.03 bits per heavy atom. The standard InChI is InChI=1S/C27H25N3O8S/c1-5-11-38-18-9-7-17(8-10-18)23-22(26(33)37-6-2)15(3)28-27-29(23)25(32)21(39-27)14-16-12-19(30(34)35)24(31)20(13-16)36-4/h5,7-10,12-14,23,31H,1,6,11H2,2-4H3/b21-14-/t23-/m1/s1. The van der Waals surface area contributed by atoms with Gasteiger partial charge in [-0.3, -0.25) is 19.5 Å². The van der Waals surface area contributed by atoms with Crippen LogP contribution in [0.15, 0.2) is 70.1 Å². The van der Waals surface area contributed by atoms with Crippen LogP contribution in [0.4, 0.5) is 5.69 Å². The SMILES string of the molecule is C=CCOc1ccc([C@@H]2C(C(=O)OCC)=C(C)N=c3s/c(=C\c4cc(OC)c(O)c([N+](=O)[O-])c4)c(=O)n32)cc1. The molecule has 1 N–H and O–H groups in total. The number of nitrogens with zero attached hydrogens (tertiary/aromatic N) is 3. The number of nitro groups is 1. The Labute approximate surface area is 226 Å². The molecule has 0 amide bonds. The number of carbonyl (C=O) groups excluding carboxylic acids is 1. The van der Waals surface area contributed by atoms with E-state index in [-0.39, 0.29) is 28.0 Å². The van der Waals surface area contributed by atoms with Crippen LogP contribution in [-0.4, -0.2) is 40.9 Å². The number of rotatable bonds is 9. The molecule has 11 nitrogen and oxygen atoms in total. The van der Waals surface area contributed by atoms with E-state index in [0.29, 0.717) is 28.4 Å². The van der Waals surface area contributed by atoms with Gasteiger partial charge in [-0.25, -0.2) is 9.79 Å². The van der Waals surface area contributed by atoms with Crippen molar-refractivity contribution in [2.45, 2.75) is 19.9 Å². The molecule has 0 spiro atoms. The van der Waals surface area contributed by atoms with Gasteiger partial charge in [-0.1, -0.05) is 36.1 Å². The highest BCUT2D eigenvalue weighted by molar-refractivity contribution is 7.07. The number of ether oxygens (including phenoxy) is 3. The van der Waals surface area contributed by atoms with Crippen molar-refractivity contribution >= 4 is 29.1 Å². The minimum Gasteiger partial charge on any atom is -0.500 e. The van der Waals surface area contributed by atoms with Gasteiger partial charge < -0.3 is 19.3 Å². The molecular formula is C27H25N3O8S. The summed E-state index contributed by atoms with van der Waals surface area (Å²) < 4.78 is 17.5. The molecule has 0 aliphatic carbocycles. The number of aromatic nitrogens is 1. The minimum absolute atomic E-state index is 0.111. The summed E-state index contributed by atoms with van der Waals surface area (Å²) in [5, 5.41) is 21.5. The normalized spacial score (nSPS) is 14.8. The Morgan fingerprint density at radius 3 is 2.64 bits per heavy atom. The van der Waals surface area contributed by atoms with Gasteiger partial charge in [0.2, 0.25) is 5.75 Å². The van der Waals surface area contributed by atoms with Gasteiger partial charge in [0.25, 0.3) is 5.56 Å². The average Bonchev–Trinajstić information content (AvgIpc) is 3.21. The zero-order valence-corrected chi connectivity index (χ0v) is 22.2. The quantitative estimate of drug-likeness (QED) is 0.185. The van der Waals surface area contributed by atoms with E-state index in [2.05, 4.69) is 11.6 Å². The first-order valence-electron chi connectivity index (χ1n) is 11.8. The zero-order chi connectivity index (χ0) is 28.3. The number of hydrogen-bond acceptors (Lipinski definition) is 10. The third-order valence-electron chi connectivity index (χ3n) is 5.87. The van der Waals surface area contributed by atoms with Gasteiger partial charge in [-0.2, -0.15) is 0 Å². The number of phenolic OH excluding ortho intramolecular Hbond substituents is 1. The number of aromatic hydroxyl groups is 1. The summed E-state index contributed by atoms with van der Waals surface area (Å²) in [5.74, 6) is -0.729. The molecular weight excluding hydrogens is 526 g/mol. The number of allylic oxidation sites excluding steroid dienone is 1. The molecule has 1 aromatic heterocycles. The molecule has 2 aromatic carbocycles. The van der Waals surface area contributed by atoms with Crippen molar-refractivity contribution in [2.75, 3.05) is 20.3 Å². The highest BCUT2D eigenvalue weighted by Gasteiger charge is 2.33. The van der Waals surface area contributed by atoms with E-state index >= 15 is 0 Å². The molecule has 0 fully saturated rings. The van der Waals surface area contributed by atoms with Crippen molar-refractivity contribution in [3.8, 4) is 17.2 Å². The number of methoxy groups -OCH3 is 1. The first kappa shape index (κ1) is 27.3. The van der Waals surface area contributed by atoms with Crippen molar-refractivity contribution < 1.29 is 29.0 Å². The van der Waals surface area contributed by atoms with E-state index in [4.69, 9.17) is 14.2 Å². The van der Waals surface area contributed by atoms with Crippen LogP contribution in [0.3, 0.4) is 0 Å². The van der Waals surface area contributed by atoms with Gasteiger partial charge in [0.05, 0.1) is 40.5 Å². The minimum atomic E-state index is -0.834. The summed E-state index contributed by atoms with van der Waals surface area (Å²) in [6.45, 7) is 7.46. The first-order chi connectivity index (χ1) is 18.7. The smallest absolute Gasteiger partial charge is 0.338 e. The molecule has 4 rings (SSSR count). The molecule has 39 heavy (non-hydrogen) atoms. The predicted octanol–water partition coefficient (Wildman–Crippen LogP) is 2.99. The van der Waals surface area contributed by atoms with Crippen molar-refractivity contribution in [1.82, 2.24) is 4.57 Å². The largest absolute Gasteiger partial charge is 0.500 e. The summed E-state index contributed by atoms with van der Waals surface area (Å²) >= 11 is 1.07. The van der Waals surface area contributed by atoms with E-state index < -0.39 is 33.9 Å². The van der Waals surface area contributed by atoms with Crippen LogP contribution in [0.5, 0.6) is 17.2 Å². The van der Waals surface area contributed by atoms with Gasteiger partial charge in [-0.15, -0.1) is 0 Å². The molecule has 1 atom stereocenters. The molecule has 0 unspecified atom stereocenters. The summed E-state index contributed by atoms with van der Waals surface area (Å²) in [7, 11) is 1.27. The molecule has 1 aliphatic rings. The van der Waals surface area contributed by atoms with Crippen molar-refractivity contribution in [1.29, 1.82) is 0 Å². The van der Waals surface area contributed by atoms with Gasteiger partial charge in [0, 0.05) is 6.07 Å². The van der Waals surface area contributed by atoms with Crippen molar-refractivity contribution in [3.63, 3.8) is 0 Å². The molecule has 2 heterocycles. The molecule has 202 valence electrons. The number of carbonyl (C=O) groups is 1. The monoisotopic (exact) mass is 551 g/mol.